The monoisotopic (exact) mass is 256 g/mol. The first-order valence-electron chi connectivity index (χ1n) is 6.05. The molecule has 0 unspecified atom stereocenters. The van der Waals surface area contributed by atoms with Crippen molar-refractivity contribution in [1.82, 2.24) is 0 Å². The zero-order valence-corrected chi connectivity index (χ0v) is 11.3. The van der Waals surface area contributed by atoms with Gasteiger partial charge in [0.1, 0.15) is 17.7 Å². The topological polar surface area (TPSA) is 47.6 Å². The number of nitriles is 2. The van der Waals surface area contributed by atoms with Crippen LogP contribution in [0.4, 0.5) is 0 Å². The molecule has 0 aromatic heterocycles. The highest BCUT2D eigenvalue weighted by atomic mass is 32.2. The lowest BCUT2D eigenvalue weighted by molar-refractivity contribution is 0.778. The number of allylic oxidation sites excluding steroid dienone is 1. The van der Waals surface area contributed by atoms with Crippen LogP contribution in [-0.4, -0.2) is 5.75 Å². The standard InChI is InChI=1S/C15H16N2S/c1-2-3-4-9-18-15-7-5-13(6-8-15)10-14(11-16)12-17/h5-8,10H,2-4,9H2,1H3. The number of thioether (sulfide) groups is 1. The van der Waals surface area contributed by atoms with E-state index in [1.807, 2.05) is 48.2 Å². The van der Waals surface area contributed by atoms with E-state index >= 15 is 0 Å². The number of unbranched alkanes of at least 4 members (excludes halogenated alkanes) is 2. The van der Waals surface area contributed by atoms with Gasteiger partial charge in [-0.1, -0.05) is 31.9 Å². The lowest BCUT2D eigenvalue weighted by atomic mass is 10.1. The number of hydrogen-bond acceptors (Lipinski definition) is 3. The Kier molecular flexibility index (Phi) is 6.69. The Hall–Kier alpha value is -1.71. The quantitative estimate of drug-likeness (QED) is 0.430. The van der Waals surface area contributed by atoms with E-state index in [-0.39, 0.29) is 5.57 Å². The summed E-state index contributed by atoms with van der Waals surface area (Å²) in [5.41, 5.74) is 1.03. The average molecular weight is 256 g/mol. The van der Waals surface area contributed by atoms with Crippen molar-refractivity contribution in [2.75, 3.05) is 5.75 Å². The number of benzene rings is 1. The Morgan fingerprint density at radius 3 is 2.39 bits per heavy atom. The van der Waals surface area contributed by atoms with Crippen molar-refractivity contribution < 1.29 is 0 Å². The van der Waals surface area contributed by atoms with E-state index in [9.17, 15) is 0 Å². The summed E-state index contributed by atoms with van der Waals surface area (Å²) in [5.74, 6) is 1.14. The summed E-state index contributed by atoms with van der Waals surface area (Å²) in [4.78, 5) is 1.23. The van der Waals surface area contributed by atoms with Crippen molar-refractivity contribution in [3.63, 3.8) is 0 Å². The predicted octanol–water partition coefficient (Wildman–Crippen LogP) is 4.40. The molecule has 1 aromatic carbocycles. The molecule has 0 radical (unpaired) electrons. The van der Waals surface area contributed by atoms with Crippen LogP contribution in [0.5, 0.6) is 0 Å². The predicted molar refractivity (Wildman–Crippen MR) is 75.9 cm³/mol. The molecule has 1 aromatic rings. The van der Waals surface area contributed by atoms with Crippen molar-refractivity contribution >= 4 is 17.8 Å². The summed E-state index contributed by atoms with van der Waals surface area (Å²) in [5, 5.41) is 17.3. The summed E-state index contributed by atoms with van der Waals surface area (Å²) < 4.78 is 0. The molecule has 0 aliphatic carbocycles. The summed E-state index contributed by atoms with van der Waals surface area (Å²) in [6.45, 7) is 2.20. The first-order chi connectivity index (χ1) is 8.80. The van der Waals surface area contributed by atoms with Gasteiger partial charge in [-0.25, -0.2) is 0 Å². The number of hydrogen-bond donors (Lipinski definition) is 0. The van der Waals surface area contributed by atoms with E-state index in [0.29, 0.717) is 0 Å². The van der Waals surface area contributed by atoms with Gasteiger partial charge in [-0.15, -0.1) is 11.8 Å². The largest absolute Gasteiger partial charge is 0.192 e. The van der Waals surface area contributed by atoms with Crippen molar-refractivity contribution in [2.45, 2.75) is 31.1 Å². The Morgan fingerprint density at radius 1 is 1.17 bits per heavy atom. The fraction of sp³-hybridized carbons (Fsp3) is 0.333. The molecular formula is C15H16N2S. The molecule has 1 rings (SSSR count). The zero-order chi connectivity index (χ0) is 13.2. The molecule has 0 spiro atoms. The zero-order valence-electron chi connectivity index (χ0n) is 10.5. The molecule has 0 bridgehead atoms. The molecule has 0 saturated carbocycles. The van der Waals surface area contributed by atoms with Crippen molar-refractivity contribution in [3.05, 3.63) is 35.4 Å². The van der Waals surface area contributed by atoms with E-state index in [4.69, 9.17) is 10.5 Å². The smallest absolute Gasteiger partial charge is 0.130 e. The fourth-order valence-corrected chi connectivity index (χ4v) is 2.37. The molecule has 0 aliphatic heterocycles. The first kappa shape index (κ1) is 14.4. The minimum absolute atomic E-state index is 0.137. The molecule has 0 amide bonds. The van der Waals surface area contributed by atoms with Crippen LogP contribution in [0.1, 0.15) is 31.7 Å². The molecule has 3 heteroatoms. The van der Waals surface area contributed by atoms with Crippen molar-refractivity contribution in [2.24, 2.45) is 0 Å². The van der Waals surface area contributed by atoms with Gasteiger partial charge in [0, 0.05) is 4.90 Å². The SMILES string of the molecule is CCCCCSc1ccc(C=C(C#N)C#N)cc1. The molecule has 2 nitrogen and oxygen atoms in total. The molecule has 92 valence electrons. The minimum Gasteiger partial charge on any atom is -0.192 e. The highest BCUT2D eigenvalue weighted by Gasteiger charge is 1.96. The van der Waals surface area contributed by atoms with E-state index in [0.717, 1.165) is 11.3 Å². The van der Waals surface area contributed by atoms with E-state index in [1.165, 1.54) is 24.2 Å². The molecule has 0 aliphatic rings. The van der Waals surface area contributed by atoms with E-state index in [1.54, 1.807) is 6.08 Å². The van der Waals surface area contributed by atoms with Gasteiger partial charge in [-0.05, 0) is 35.9 Å². The first-order valence-corrected chi connectivity index (χ1v) is 7.03. The third-order valence-corrected chi connectivity index (χ3v) is 3.55. The van der Waals surface area contributed by atoms with E-state index in [2.05, 4.69) is 6.92 Å². The Bertz CT molecular complexity index is 459. The Balaban J connectivity index is 2.56. The van der Waals surface area contributed by atoms with Gasteiger partial charge in [-0.3, -0.25) is 0 Å². The lowest BCUT2D eigenvalue weighted by Gasteiger charge is -2.01. The summed E-state index contributed by atoms with van der Waals surface area (Å²) >= 11 is 1.85. The minimum atomic E-state index is 0.137. The van der Waals surface area contributed by atoms with Crippen LogP contribution in [-0.2, 0) is 0 Å². The van der Waals surface area contributed by atoms with Gasteiger partial charge in [0.25, 0.3) is 0 Å². The number of rotatable bonds is 6. The van der Waals surface area contributed by atoms with Crippen LogP contribution in [0.3, 0.4) is 0 Å². The number of nitrogens with zero attached hydrogens (tertiary/aromatic N) is 2. The lowest BCUT2D eigenvalue weighted by Crippen LogP contribution is -1.81. The van der Waals surface area contributed by atoms with Gasteiger partial charge in [0.2, 0.25) is 0 Å². The third-order valence-electron chi connectivity index (χ3n) is 2.45. The average Bonchev–Trinajstić information content (AvgIpc) is 2.42. The Labute approximate surface area is 113 Å². The maximum atomic E-state index is 8.66. The van der Waals surface area contributed by atoms with Crippen molar-refractivity contribution in [1.29, 1.82) is 10.5 Å². The van der Waals surface area contributed by atoms with Gasteiger partial charge in [0.15, 0.2) is 0 Å². The highest BCUT2D eigenvalue weighted by Crippen LogP contribution is 2.20. The molecule has 0 atom stereocenters. The second-order valence-corrected chi connectivity index (χ2v) is 5.07. The second kappa shape index (κ2) is 8.39. The molecule has 18 heavy (non-hydrogen) atoms. The molecule has 0 N–H and O–H groups in total. The summed E-state index contributed by atoms with van der Waals surface area (Å²) in [7, 11) is 0. The van der Waals surface area contributed by atoms with Gasteiger partial charge < -0.3 is 0 Å². The third kappa shape index (κ3) is 5.08. The van der Waals surface area contributed by atoms with E-state index < -0.39 is 0 Å². The second-order valence-electron chi connectivity index (χ2n) is 3.91. The van der Waals surface area contributed by atoms with Crippen LogP contribution in [0, 0.1) is 22.7 Å². The summed E-state index contributed by atoms with van der Waals surface area (Å²) in [6, 6.07) is 11.7. The van der Waals surface area contributed by atoms with Crippen LogP contribution < -0.4 is 0 Å². The van der Waals surface area contributed by atoms with Crippen molar-refractivity contribution in [3.8, 4) is 12.1 Å². The fourth-order valence-electron chi connectivity index (χ4n) is 1.46. The maximum Gasteiger partial charge on any atom is 0.130 e. The molecule has 0 fully saturated rings. The normalized spacial score (nSPS) is 9.28. The van der Waals surface area contributed by atoms with Crippen LogP contribution in [0.15, 0.2) is 34.7 Å². The van der Waals surface area contributed by atoms with Crippen LogP contribution in [0.25, 0.3) is 6.08 Å². The highest BCUT2D eigenvalue weighted by molar-refractivity contribution is 7.99. The van der Waals surface area contributed by atoms with Crippen LogP contribution >= 0.6 is 11.8 Å². The van der Waals surface area contributed by atoms with Gasteiger partial charge in [0.05, 0.1) is 0 Å². The van der Waals surface area contributed by atoms with Gasteiger partial charge in [-0.2, -0.15) is 10.5 Å². The Morgan fingerprint density at radius 2 is 1.83 bits per heavy atom. The summed E-state index contributed by atoms with van der Waals surface area (Å²) in [6.07, 6.45) is 5.37. The van der Waals surface area contributed by atoms with Gasteiger partial charge >= 0.3 is 0 Å². The maximum absolute atomic E-state index is 8.66. The molecule has 0 heterocycles. The molecular weight excluding hydrogens is 240 g/mol. The van der Waals surface area contributed by atoms with Crippen LogP contribution in [0.2, 0.25) is 0 Å². The molecule has 0 saturated heterocycles.